The van der Waals surface area contributed by atoms with Crippen LogP contribution in [-0.4, -0.2) is 20.6 Å². The van der Waals surface area contributed by atoms with Gasteiger partial charge in [-0.25, -0.2) is 0 Å². The molecular weight excluding hydrogens is 236 g/mol. The molecule has 2 aromatic rings. The molecule has 2 aromatic heterocycles. The van der Waals surface area contributed by atoms with E-state index in [0.717, 1.165) is 23.9 Å². The molecule has 0 atom stereocenters. The predicted molar refractivity (Wildman–Crippen MR) is 75.9 cm³/mol. The maximum atomic E-state index is 4.26. The average Bonchev–Trinajstić information content (AvgIpc) is 2.89. The fourth-order valence-electron chi connectivity index (χ4n) is 3.02. The lowest BCUT2D eigenvalue weighted by Gasteiger charge is -2.28. The third-order valence-electron chi connectivity index (χ3n) is 4.36. The third kappa shape index (κ3) is 2.78. The summed E-state index contributed by atoms with van der Waals surface area (Å²) in [7, 11) is 0. The van der Waals surface area contributed by atoms with Crippen LogP contribution in [0.15, 0.2) is 24.4 Å². The number of aromatic nitrogens is 3. The molecule has 0 saturated heterocycles. The van der Waals surface area contributed by atoms with Crippen LogP contribution in [0.25, 0.3) is 5.65 Å². The number of hydrogen-bond donors (Lipinski definition) is 1. The highest BCUT2D eigenvalue weighted by Crippen LogP contribution is 2.26. The van der Waals surface area contributed by atoms with E-state index in [1.54, 1.807) is 0 Å². The molecule has 1 fully saturated rings. The van der Waals surface area contributed by atoms with Crippen LogP contribution in [-0.2, 0) is 6.54 Å². The summed E-state index contributed by atoms with van der Waals surface area (Å²) in [4.78, 5) is 0. The van der Waals surface area contributed by atoms with Crippen molar-refractivity contribution in [2.24, 2.45) is 5.92 Å². The van der Waals surface area contributed by atoms with E-state index in [1.165, 1.54) is 32.1 Å². The molecule has 1 aliphatic rings. The molecule has 4 nitrogen and oxygen atoms in total. The number of nitrogens with one attached hydrogen (secondary N) is 1. The van der Waals surface area contributed by atoms with Gasteiger partial charge in [0.25, 0.3) is 0 Å². The van der Waals surface area contributed by atoms with Crippen molar-refractivity contribution in [1.82, 2.24) is 19.9 Å². The minimum absolute atomic E-state index is 0.652. The zero-order valence-corrected chi connectivity index (χ0v) is 11.5. The summed E-state index contributed by atoms with van der Waals surface area (Å²) in [5.41, 5.74) is 0.925. The molecule has 0 aliphatic heterocycles. The minimum Gasteiger partial charge on any atom is -0.307 e. The highest BCUT2D eigenvalue weighted by Gasteiger charge is 2.19. The largest absolute Gasteiger partial charge is 0.307 e. The Kier molecular flexibility index (Phi) is 3.78. The molecular formula is C15H22N4. The van der Waals surface area contributed by atoms with Crippen LogP contribution in [0, 0.1) is 5.92 Å². The lowest BCUT2D eigenvalue weighted by molar-refractivity contribution is 0.284. The van der Waals surface area contributed by atoms with Crippen molar-refractivity contribution in [2.75, 3.05) is 0 Å². The van der Waals surface area contributed by atoms with Crippen molar-refractivity contribution in [1.29, 1.82) is 0 Å². The third-order valence-corrected chi connectivity index (χ3v) is 4.36. The van der Waals surface area contributed by atoms with Crippen molar-refractivity contribution in [3.8, 4) is 0 Å². The number of rotatable bonds is 4. The van der Waals surface area contributed by atoms with E-state index in [2.05, 4.69) is 26.8 Å². The summed E-state index contributed by atoms with van der Waals surface area (Å²) in [6.45, 7) is 3.12. The zero-order chi connectivity index (χ0) is 13.1. The van der Waals surface area contributed by atoms with Crippen LogP contribution in [0.4, 0.5) is 0 Å². The maximum Gasteiger partial charge on any atom is 0.160 e. The van der Waals surface area contributed by atoms with Gasteiger partial charge in [-0.2, -0.15) is 0 Å². The van der Waals surface area contributed by atoms with E-state index in [1.807, 2.05) is 24.4 Å². The van der Waals surface area contributed by atoms with Gasteiger partial charge in [0, 0.05) is 12.2 Å². The number of pyridine rings is 1. The van der Waals surface area contributed by atoms with Crippen LogP contribution in [0.5, 0.6) is 0 Å². The fraction of sp³-hybridized carbons (Fsp3) is 0.600. The van der Waals surface area contributed by atoms with Gasteiger partial charge >= 0.3 is 0 Å². The first-order chi connectivity index (χ1) is 9.36. The van der Waals surface area contributed by atoms with Gasteiger partial charge < -0.3 is 5.32 Å². The van der Waals surface area contributed by atoms with Gasteiger partial charge in [0.05, 0.1) is 6.54 Å². The summed E-state index contributed by atoms with van der Waals surface area (Å²) in [5, 5.41) is 12.1. The van der Waals surface area contributed by atoms with Crippen molar-refractivity contribution in [3.05, 3.63) is 30.2 Å². The van der Waals surface area contributed by atoms with Gasteiger partial charge in [-0.1, -0.05) is 19.4 Å². The summed E-state index contributed by atoms with van der Waals surface area (Å²) in [6, 6.07) is 6.65. The predicted octanol–water partition coefficient (Wildman–Crippen LogP) is 2.79. The number of hydrogen-bond acceptors (Lipinski definition) is 3. The molecule has 0 unspecified atom stereocenters. The maximum absolute atomic E-state index is 4.26. The number of fused-ring (bicyclic) bond motifs is 1. The van der Waals surface area contributed by atoms with Crippen LogP contribution < -0.4 is 5.32 Å². The summed E-state index contributed by atoms with van der Waals surface area (Å²) < 4.78 is 2.06. The van der Waals surface area contributed by atoms with Gasteiger partial charge in [-0.05, 0) is 43.7 Å². The smallest absolute Gasteiger partial charge is 0.160 e. The molecule has 1 N–H and O–H groups in total. The molecule has 1 aliphatic carbocycles. The van der Waals surface area contributed by atoms with E-state index in [9.17, 15) is 0 Å². The zero-order valence-electron chi connectivity index (χ0n) is 11.5. The highest BCUT2D eigenvalue weighted by atomic mass is 15.3. The van der Waals surface area contributed by atoms with E-state index in [4.69, 9.17) is 0 Å². The Morgan fingerprint density at radius 1 is 1.21 bits per heavy atom. The van der Waals surface area contributed by atoms with Crippen LogP contribution in [0.3, 0.4) is 0 Å². The van der Waals surface area contributed by atoms with Crippen LogP contribution in [0.1, 0.15) is 44.9 Å². The monoisotopic (exact) mass is 258 g/mol. The second-order valence-electron chi connectivity index (χ2n) is 5.55. The molecule has 4 heteroatoms. The molecule has 3 rings (SSSR count). The molecule has 0 aromatic carbocycles. The molecule has 0 spiro atoms. The number of nitrogens with zero attached hydrogens (tertiary/aromatic N) is 3. The first-order valence-electron chi connectivity index (χ1n) is 7.39. The Bertz CT molecular complexity index is 526. The van der Waals surface area contributed by atoms with Crippen molar-refractivity contribution >= 4 is 5.65 Å². The van der Waals surface area contributed by atoms with Crippen molar-refractivity contribution in [3.63, 3.8) is 0 Å². The Morgan fingerprint density at radius 2 is 2.05 bits per heavy atom. The highest BCUT2D eigenvalue weighted by molar-refractivity contribution is 5.36. The van der Waals surface area contributed by atoms with Gasteiger partial charge in [-0.15, -0.1) is 10.2 Å². The standard InChI is InChI=1S/C15H22N4/c1-2-12-6-8-13(9-7-12)16-11-15-18-17-14-5-3-4-10-19(14)15/h3-5,10,12-13,16H,2,6-9,11H2,1H3. The molecule has 2 heterocycles. The first-order valence-corrected chi connectivity index (χ1v) is 7.39. The SMILES string of the molecule is CCC1CCC(NCc2nnc3ccccn23)CC1. The quantitative estimate of drug-likeness (QED) is 0.917. The Morgan fingerprint density at radius 3 is 2.84 bits per heavy atom. The van der Waals surface area contributed by atoms with Gasteiger partial charge in [0.15, 0.2) is 11.5 Å². The average molecular weight is 258 g/mol. The second-order valence-corrected chi connectivity index (χ2v) is 5.55. The van der Waals surface area contributed by atoms with E-state index in [-0.39, 0.29) is 0 Å². The molecule has 1 saturated carbocycles. The van der Waals surface area contributed by atoms with Crippen molar-refractivity contribution in [2.45, 2.75) is 51.6 Å². The first kappa shape index (κ1) is 12.6. The molecule has 0 amide bonds. The fourth-order valence-corrected chi connectivity index (χ4v) is 3.02. The Labute approximate surface area is 114 Å². The topological polar surface area (TPSA) is 42.2 Å². The van der Waals surface area contributed by atoms with E-state index < -0.39 is 0 Å². The normalized spacial score (nSPS) is 23.8. The summed E-state index contributed by atoms with van der Waals surface area (Å²) in [5.74, 6) is 1.96. The molecule has 19 heavy (non-hydrogen) atoms. The second kappa shape index (κ2) is 5.70. The molecule has 0 radical (unpaired) electrons. The van der Waals surface area contributed by atoms with Crippen molar-refractivity contribution < 1.29 is 0 Å². The van der Waals surface area contributed by atoms with Crippen LogP contribution >= 0.6 is 0 Å². The molecule has 102 valence electrons. The van der Waals surface area contributed by atoms with Crippen LogP contribution in [0.2, 0.25) is 0 Å². The van der Waals surface area contributed by atoms with Gasteiger partial charge in [0.2, 0.25) is 0 Å². The summed E-state index contributed by atoms with van der Waals surface area (Å²) >= 11 is 0. The summed E-state index contributed by atoms with van der Waals surface area (Å²) in [6.07, 6.45) is 8.70. The Balaban J connectivity index is 1.58. The van der Waals surface area contributed by atoms with E-state index >= 15 is 0 Å². The lowest BCUT2D eigenvalue weighted by Crippen LogP contribution is -2.33. The Hall–Kier alpha value is -1.42. The lowest BCUT2D eigenvalue weighted by atomic mass is 9.84. The minimum atomic E-state index is 0.652. The molecule has 0 bridgehead atoms. The van der Waals surface area contributed by atoms with E-state index in [0.29, 0.717) is 6.04 Å². The van der Waals surface area contributed by atoms with Gasteiger partial charge in [0.1, 0.15) is 0 Å². The van der Waals surface area contributed by atoms with Gasteiger partial charge in [-0.3, -0.25) is 4.40 Å².